The summed E-state index contributed by atoms with van der Waals surface area (Å²) in [6, 6.07) is 0.00333. The lowest BCUT2D eigenvalue weighted by atomic mass is 9.88. The van der Waals surface area contributed by atoms with Crippen molar-refractivity contribution in [2.45, 2.75) is 39.3 Å². The zero-order valence-electron chi connectivity index (χ0n) is 11.1. The van der Waals surface area contributed by atoms with Crippen LogP contribution in [0.25, 0.3) is 0 Å². The zero-order chi connectivity index (χ0) is 12.9. The highest BCUT2D eigenvalue weighted by atomic mass is 15.3. The summed E-state index contributed by atoms with van der Waals surface area (Å²) in [5, 5.41) is 0. The average Bonchev–Trinajstić information content (AvgIpc) is 2.32. The molecule has 0 aromatic carbocycles. The second-order valence-electron chi connectivity index (χ2n) is 4.60. The lowest BCUT2D eigenvalue weighted by molar-refractivity contribution is 0.0910. The number of hydrogen-bond acceptors (Lipinski definition) is 5. The molecule has 1 heterocycles. The Balaban J connectivity index is 3.01. The highest BCUT2D eigenvalue weighted by molar-refractivity contribution is 5.15. The molecule has 17 heavy (non-hydrogen) atoms. The van der Waals surface area contributed by atoms with E-state index in [-0.39, 0.29) is 11.6 Å². The molecule has 1 unspecified atom stereocenters. The maximum absolute atomic E-state index is 5.71. The smallest absolute Gasteiger partial charge is 0.115 e. The summed E-state index contributed by atoms with van der Waals surface area (Å²) in [7, 11) is 0. The van der Waals surface area contributed by atoms with E-state index in [1.165, 1.54) is 6.33 Å². The Morgan fingerprint density at radius 1 is 1.29 bits per heavy atom. The molecular formula is C12H23N5. The van der Waals surface area contributed by atoms with Gasteiger partial charge in [0.1, 0.15) is 6.33 Å². The molecule has 5 heteroatoms. The monoisotopic (exact) mass is 237 g/mol. The van der Waals surface area contributed by atoms with Crippen molar-refractivity contribution in [3.8, 4) is 0 Å². The first-order chi connectivity index (χ1) is 8.07. The van der Waals surface area contributed by atoms with Gasteiger partial charge in [-0.25, -0.2) is 9.97 Å². The van der Waals surface area contributed by atoms with Gasteiger partial charge in [-0.05, 0) is 26.9 Å². The SMILES string of the molecule is CCN(CC)C(C)(C)C(NN)c1cncnc1. The van der Waals surface area contributed by atoms with E-state index in [1.54, 1.807) is 0 Å². The molecule has 0 fully saturated rings. The van der Waals surface area contributed by atoms with Gasteiger partial charge >= 0.3 is 0 Å². The minimum absolute atomic E-state index is 0.00333. The van der Waals surface area contributed by atoms with Crippen molar-refractivity contribution in [2.75, 3.05) is 13.1 Å². The van der Waals surface area contributed by atoms with Gasteiger partial charge in [0, 0.05) is 23.5 Å². The number of likely N-dealkylation sites (N-methyl/N-ethyl adjacent to an activating group) is 1. The van der Waals surface area contributed by atoms with E-state index in [0.717, 1.165) is 18.7 Å². The quantitative estimate of drug-likeness (QED) is 0.573. The molecule has 0 aliphatic heterocycles. The van der Waals surface area contributed by atoms with Gasteiger partial charge in [0.15, 0.2) is 0 Å². The summed E-state index contributed by atoms with van der Waals surface area (Å²) in [6.07, 6.45) is 5.15. The van der Waals surface area contributed by atoms with Crippen molar-refractivity contribution < 1.29 is 0 Å². The molecule has 0 saturated heterocycles. The van der Waals surface area contributed by atoms with Gasteiger partial charge in [0.2, 0.25) is 0 Å². The standard InChI is InChI=1S/C12H23N5/c1-5-17(6-2)12(3,4)11(16-13)10-7-14-9-15-8-10/h7-9,11,16H,5-6,13H2,1-4H3. The summed E-state index contributed by atoms with van der Waals surface area (Å²) in [5.74, 6) is 5.71. The number of hydrogen-bond donors (Lipinski definition) is 2. The van der Waals surface area contributed by atoms with Gasteiger partial charge in [-0.2, -0.15) is 0 Å². The minimum Gasteiger partial charge on any atom is -0.297 e. The summed E-state index contributed by atoms with van der Waals surface area (Å²) < 4.78 is 0. The molecule has 5 nitrogen and oxygen atoms in total. The van der Waals surface area contributed by atoms with Crippen LogP contribution in [0.5, 0.6) is 0 Å². The first kappa shape index (κ1) is 14.0. The second-order valence-corrected chi connectivity index (χ2v) is 4.60. The van der Waals surface area contributed by atoms with Crippen LogP contribution in [0.4, 0.5) is 0 Å². The maximum Gasteiger partial charge on any atom is 0.115 e. The third-order valence-electron chi connectivity index (χ3n) is 3.37. The Morgan fingerprint density at radius 2 is 1.82 bits per heavy atom. The molecule has 96 valence electrons. The number of nitrogens with two attached hydrogens (primary N) is 1. The van der Waals surface area contributed by atoms with Gasteiger partial charge in [-0.3, -0.25) is 16.2 Å². The molecule has 0 spiro atoms. The van der Waals surface area contributed by atoms with E-state index in [4.69, 9.17) is 5.84 Å². The molecule has 0 bridgehead atoms. The van der Waals surface area contributed by atoms with Gasteiger partial charge < -0.3 is 0 Å². The fourth-order valence-corrected chi connectivity index (χ4v) is 2.39. The molecule has 0 aliphatic rings. The lowest BCUT2D eigenvalue weighted by Gasteiger charge is -2.43. The van der Waals surface area contributed by atoms with Crippen molar-refractivity contribution in [1.82, 2.24) is 20.3 Å². The molecule has 3 N–H and O–H groups in total. The summed E-state index contributed by atoms with van der Waals surface area (Å²) in [5.41, 5.74) is 3.80. The van der Waals surface area contributed by atoms with Gasteiger partial charge in [0.25, 0.3) is 0 Å². The third-order valence-corrected chi connectivity index (χ3v) is 3.37. The number of aromatic nitrogens is 2. The van der Waals surface area contributed by atoms with Crippen LogP contribution < -0.4 is 11.3 Å². The van der Waals surface area contributed by atoms with Gasteiger partial charge in [-0.1, -0.05) is 13.8 Å². The molecule has 0 aliphatic carbocycles. The predicted octanol–water partition coefficient (Wildman–Crippen LogP) is 1.10. The van der Waals surface area contributed by atoms with Crippen LogP contribution in [-0.2, 0) is 0 Å². The number of hydrazine groups is 1. The number of rotatable bonds is 6. The second kappa shape index (κ2) is 6.05. The molecular weight excluding hydrogens is 214 g/mol. The third kappa shape index (κ3) is 3.00. The molecule has 1 aromatic rings. The van der Waals surface area contributed by atoms with Crippen LogP contribution in [0.15, 0.2) is 18.7 Å². The van der Waals surface area contributed by atoms with Crippen molar-refractivity contribution in [3.05, 3.63) is 24.3 Å². The average molecular weight is 237 g/mol. The van der Waals surface area contributed by atoms with E-state index < -0.39 is 0 Å². The van der Waals surface area contributed by atoms with Crippen molar-refractivity contribution >= 4 is 0 Å². The van der Waals surface area contributed by atoms with Crippen molar-refractivity contribution in [2.24, 2.45) is 5.84 Å². The highest BCUT2D eigenvalue weighted by Gasteiger charge is 2.34. The van der Waals surface area contributed by atoms with E-state index >= 15 is 0 Å². The largest absolute Gasteiger partial charge is 0.297 e. The van der Waals surface area contributed by atoms with Gasteiger partial charge in [-0.15, -0.1) is 0 Å². The first-order valence-corrected chi connectivity index (χ1v) is 6.04. The Bertz CT molecular complexity index is 321. The molecule has 0 amide bonds. The molecule has 1 rings (SSSR count). The predicted molar refractivity (Wildman–Crippen MR) is 69.1 cm³/mol. The van der Waals surface area contributed by atoms with Crippen LogP contribution in [0.2, 0.25) is 0 Å². The van der Waals surface area contributed by atoms with E-state index in [1.807, 2.05) is 12.4 Å². The van der Waals surface area contributed by atoms with Crippen LogP contribution in [0, 0.1) is 0 Å². The topological polar surface area (TPSA) is 67.1 Å². The van der Waals surface area contributed by atoms with Crippen LogP contribution in [-0.4, -0.2) is 33.5 Å². The van der Waals surface area contributed by atoms with Crippen molar-refractivity contribution in [1.29, 1.82) is 0 Å². The fraction of sp³-hybridized carbons (Fsp3) is 0.667. The Hall–Kier alpha value is -1.04. The van der Waals surface area contributed by atoms with Gasteiger partial charge in [0.05, 0.1) is 6.04 Å². The van der Waals surface area contributed by atoms with E-state index in [0.29, 0.717) is 0 Å². The molecule has 0 saturated carbocycles. The van der Waals surface area contributed by atoms with Crippen LogP contribution in [0.1, 0.15) is 39.3 Å². The number of nitrogens with zero attached hydrogens (tertiary/aromatic N) is 3. The van der Waals surface area contributed by atoms with E-state index in [9.17, 15) is 0 Å². The molecule has 1 atom stereocenters. The fourth-order valence-electron chi connectivity index (χ4n) is 2.39. The summed E-state index contributed by atoms with van der Waals surface area (Å²) >= 11 is 0. The Labute approximate surface area is 103 Å². The molecule has 1 aromatic heterocycles. The van der Waals surface area contributed by atoms with Crippen LogP contribution in [0.3, 0.4) is 0 Å². The van der Waals surface area contributed by atoms with Crippen LogP contribution >= 0.6 is 0 Å². The molecule has 0 radical (unpaired) electrons. The van der Waals surface area contributed by atoms with E-state index in [2.05, 4.69) is 48.0 Å². The normalized spacial score (nSPS) is 14.0. The summed E-state index contributed by atoms with van der Waals surface area (Å²) in [4.78, 5) is 10.5. The Kier molecular flexibility index (Phi) is 4.99. The zero-order valence-corrected chi connectivity index (χ0v) is 11.1. The highest BCUT2D eigenvalue weighted by Crippen LogP contribution is 2.29. The lowest BCUT2D eigenvalue weighted by Crippen LogP contribution is -2.54. The van der Waals surface area contributed by atoms with Crippen molar-refractivity contribution in [3.63, 3.8) is 0 Å². The minimum atomic E-state index is -0.0943. The first-order valence-electron chi connectivity index (χ1n) is 6.04. The summed E-state index contributed by atoms with van der Waals surface area (Å²) in [6.45, 7) is 10.6. The maximum atomic E-state index is 5.71. The Morgan fingerprint density at radius 3 is 2.24 bits per heavy atom. The number of nitrogens with one attached hydrogen (secondary N) is 1.